The lowest BCUT2D eigenvalue weighted by Gasteiger charge is -2.05. The van der Waals surface area contributed by atoms with Crippen molar-refractivity contribution in [2.24, 2.45) is 0 Å². The molecule has 0 fully saturated rings. The van der Waals surface area contributed by atoms with Crippen LogP contribution in [0.15, 0.2) is 24.4 Å². The van der Waals surface area contributed by atoms with Gasteiger partial charge in [-0.2, -0.15) is 0 Å². The van der Waals surface area contributed by atoms with Crippen molar-refractivity contribution in [1.29, 1.82) is 0 Å². The van der Waals surface area contributed by atoms with E-state index in [1.54, 1.807) is 12.1 Å². The molecule has 2 rings (SSSR count). The summed E-state index contributed by atoms with van der Waals surface area (Å²) < 4.78 is 0. The van der Waals surface area contributed by atoms with E-state index in [4.69, 9.17) is 16.7 Å². The first-order chi connectivity index (χ1) is 9.52. The second kappa shape index (κ2) is 6.02. The third-order valence-electron chi connectivity index (χ3n) is 2.59. The number of halogens is 1. The lowest BCUT2D eigenvalue weighted by atomic mass is 10.2. The Morgan fingerprint density at radius 3 is 2.80 bits per heavy atom. The highest BCUT2D eigenvalue weighted by molar-refractivity contribution is 7.16. The smallest absolute Gasteiger partial charge is 0.338 e. The number of carbonyl (C=O) groups excluding carboxylic acids is 1. The van der Waals surface area contributed by atoms with Crippen molar-refractivity contribution in [1.82, 2.24) is 4.98 Å². The van der Waals surface area contributed by atoms with E-state index in [1.165, 1.54) is 23.6 Å². The number of nitrogens with one attached hydrogen (secondary N) is 1. The van der Waals surface area contributed by atoms with E-state index in [9.17, 15) is 9.59 Å². The first kappa shape index (κ1) is 14.5. The van der Waals surface area contributed by atoms with Crippen LogP contribution in [0.5, 0.6) is 0 Å². The minimum atomic E-state index is -1.08. The van der Waals surface area contributed by atoms with Crippen LogP contribution in [0.25, 0.3) is 0 Å². The fraction of sp³-hybridized carbons (Fsp3) is 0.154. The zero-order valence-electron chi connectivity index (χ0n) is 10.5. The summed E-state index contributed by atoms with van der Waals surface area (Å²) in [6.45, 7) is 1.92. The van der Waals surface area contributed by atoms with Gasteiger partial charge in [-0.25, -0.2) is 9.78 Å². The molecule has 5 nitrogen and oxygen atoms in total. The van der Waals surface area contributed by atoms with Gasteiger partial charge in [-0.3, -0.25) is 4.79 Å². The molecule has 0 aromatic carbocycles. The molecule has 7 heteroatoms. The fourth-order valence-corrected chi connectivity index (χ4v) is 2.78. The molecule has 0 aliphatic rings. The lowest BCUT2D eigenvalue weighted by molar-refractivity contribution is 0.0698. The molecule has 0 unspecified atom stereocenters. The molecule has 0 spiro atoms. The van der Waals surface area contributed by atoms with Crippen molar-refractivity contribution in [3.63, 3.8) is 0 Å². The molecule has 0 saturated heterocycles. The topological polar surface area (TPSA) is 79.3 Å². The van der Waals surface area contributed by atoms with Crippen LogP contribution in [0, 0.1) is 0 Å². The predicted molar refractivity (Wildman–Crippen MR) is 77.9 cm³/mol. The Balaban J connectivity index is 2.30. The number of aromatic nitrogens is 1. The highest BCUT2D eigenvalue weighted by atomic mass is 35.5. The Labute approximate surface area is 124 Å². The van der Waals surface area contributed by atoms with Crippen LogP contribution >= 0.6 is 22.9 Å². The van der Waals surface area contributed by atoms with Crippen molar-refractivity contribution in [3.05, 3.63) is 45.6 Å². The number of carboxylic acids is 1. The maximum atomic E-state index is 12.1. The van der Waals surface area contributed by atoms with Gasteiger partial charge in [0.2, 0.25) is 0 Å². The minimum absolute atomic E-state index is 0.0779. The monoisotopic (exact) mass is 310 g/mol. The summed E-state index contributed by atoms with van der Waals surface area (Å²) in [7, 11) is 0. The Morgan fingerprint density at radius 1 is 1.45 bits per heavy atom. The molecule has 0 radical (unpaired) electrons. The second-order valence-electron chi connectivity index (χ2n) is 3.91. The molecule has 0 atom stereocenters. The van der Waals surface area contributed by atoms with Gasteiger partial charge in [0.25, 0.3) is 5.91 Å². The molecule has 2 N–H and O–H groups in total. The van der Waals surface area contributed by atoms with Gasteiger partial charge in [0, 0.05) is 11.1 Å². The molecule has 104 valence electrons. The molecule has 2 heterocycles. The zero-order chi connectivity index (χ0) is 14.7. The van der Waals surface area contributed by atoms with E-state index >= 15 is 0 Å². The van der Waals surface area contributed by atoms with Crippen LogP contribution in [0.2, 0.25) is 5.15 Å². The van der Waals surface area contributed by atoms with Crippen molar-refractivity contribution in [2.75, 3.05) is 5.32 Å². The SMILES string of the molecule is CCc1cc(C(=O)O)c(NC(=O)c2cccnc2Cl)s1. The number of carboxylic acid groups (broad SMARTS) is 1. The molecule has 20 heavy (non-hydrogen) atoms. The Morgan fingerprint density at radius 2 is 2.20 bits per heavy atom. The molecule has 0 bridgehead atoms. The van der Waals surface area contributed by atoms with Gasteiger partial charge in [0.05, 0.1) is 11.1 Å². The molecule has 2 aromatic heterocycles. The van der Waals surface area contributed by atoms with Gasteiger partial charge in [-0.1, -0.05) is 18.5 Å². The van der Waals surface area contributed by atoms with E-state index < -0.39 is 11.9 Å². The van der Waals surface area contributed by atoms with E-state index in [-0.39, 0.29) is 16.3 Å². The van der Waals surface area contributed by atoms with Crippen LogP contribution in [-0.4, -0.2) is 22.0 Å². The van der Waals surface area contributed by atoms with Crippen molar-refractivity contribution in [3.8, 4) is 0 Å². The number of nitrogens with zero attached hydrogens (tertiary/aromatic N) is 1. The number of pyridine rings is 1. The number of aromatic carboxylic acids is 1. The van der Waals surface area contributed by atoms with Gasteiger partial charge in [0.1, 0.15) is 10.2 Å². The van der Waals surface area contributed by atoms with E-state index in [0.717, 1.165) is 4.88 Å². The number of hydrogen-bond acceptors (Lipinski definition) is 4. The molecular formula is C13H11ClN2O3S. The molecule has 0 saturated carbocycles. The third-order valence-corrected chi connectivity index (χ3v) is 4.09. The van der Waals surface area contributed by atoms with E-state index in [1.807, 2.05) is 6.92 Å². The highest BCUT2D eigenvalue weighted by Gasteiger charge is 2.18. The Kier molecular flexibility index (Phi) is 4.36. The maximum Gasteiger partial charge on any atom is 0.338 e. The minimum Gasteiger partial charge on any atom is -0.478 e. The third kappa shape index (κ3) is 2.97. The molecule has 1 amide bonds. The van der Waals surface area contributed by atoms with E-state index in [2.05, 4.69) is 10.3 Å². The predicted octanol–water partition coefficient (Wildman–Crippen LogP) is 3.31. The first-order valence-electron chi connectivity index (χ1n) is 5.80. The number of amides is 1. The van der Waals surface area contributed by atoms with Gasteiger partial charge < -0.3 is 10.4 Å². The summed E-state index contributed by atoms with van der Waals surface area (Å²) in [5.74, 6) is -1.55. The maximum absolute atomic E-state index is 12.1. The first-order valence-corrected chi connectivity index (χ1v) is 7.00. The molecule has 2 aromatic rings. The van der Waals surface area contributed by atoms with Crippen molar-refractivity contribution in [2.45, 2.75) is 13.3 Å². The van der Waals surface area contributed by atoms with Crippen LogP contribution in [0.4, 0.5) is 5.00 Å². The number of thiophene rings is 1. The van der Waals surface area contributed by atoms with Crippen molar-refractivity contribution < 1.29 is 14.7 Å². The lowest BCUT2D eigenvalue weighted by Crippen LogP contribution is -2.14. The van der Waals surface area contributed by atoms with Gasteiger partial charge >= 0.3 is 5.97 Å². The summed E-state index contributed by atoms with van der Waals surface area (Å²) in [6, 6.07) is 4.68. The normalized spacial score (nSPS) is 10.3. The number of hydrogen-bond donors (Lipinski definition) is 2. The summed E-state index contributed by atoms with van der Waals surface area (Å²) in [4.78, 5) is 27.9. The summed E-state index contributed by atoms with van der Waals surface area (Å²) in [5, 5.41) is 12.1. The van der Waals surface area contributed by atoms with Crippen LogP contribution < -0.4 is 5.32 Å². The van der Waals surface area contributed by atoms with Crippen molar-refractivity contribution >= 4 is 39.8 Å². The Bertz CT molecular complexity index is 669. The number of aryl methyl sites for hydroxylation is 1. The quantitative estimate of drug-likeness (QED) is 0.849. The molecular weight excluding hydrogens is 300 g/mol. The van der Waals surface area contributed by atoms with Gasteiger partial charge in [-0.05, 0) is 24.6 Å². The summed E-state index contributed by atoms with van der Waals surface area (Å²) in [6.07, 6.45) is 2.18. The second-order valence-corrected chi connectivity index (χ2v) is 5.40. The number of anilines is 1. The largest absolute Gasteiger partial charge is 0.478 e. The average molecular weight is 311 g/mol. The number of carbonyl (C=O) groups is 2. The summed E-state index contributed by atoms with van der Waals surface area (Å²) >= 11 is 7.08. The van der Waals surface area contributed by atoms with Gasteiger partial charge in [0.15, 0.2) is 0 Å². The van der Waals surface area contributed by atoms with Crippen LogP contribution in [0.3, 0.4) is 0 Å². The van der Waals surface area contributed by atoms with Crippen LogP contribution in [-0.2, 0) is 6.42 Å². The molecule has 0 aliphatic heterocycles. The fourth-order valence-electron chi connectivity index (χ4n) is 1.59. The van der Waals surface area contributed by atoms with Crippen LogP contribution in [0.1, 0.15) is 32.5 Å². The molecule has 0 aliphatic carbocycles. The summed E-state index contributed by atoms with van der Waals surface area (Å²) in [5.41, 5.74) is 0.289. The van der Waals surface area contributed by atoms with E-state index in [0.29, 0.717) is 11.4 Å². The average Bonchev–Trinajstić information content (AvgIpc) is 2.82. The standard InChI is InChI=1S/C13H11ClN2O3S/c1-2-7-6-9(13(18)19)12(20-7)16-11(17)8-4-3-5-15-10(8)14/h3-6H,2H2,1H3,(H,16,17)(H,18,19). The van der Waals surface area contributed by atoms with Gasteiger partial charge in [-0.15, -0.1) is 11.3 Å². The zero-order valence-corrected chi connectivity index (χ0v) is 12.1. The highest BCUT2D eigenvalue weighted by Crippen LogP contribution is 2.29. The Hall–Kier alpha value is -1.92. The number of rotatable bonds is 4.